The normalized spacial score (nSPS) is 11.1. The second kappa shape index (κ2) is 28.3. The summed E-state index contributed by atoms with van der Waals surface area (Å²) in [6.45, 7) is 12.4. The first-order chi connectivity index (χ1) is 37.7. The molecule has 0 atom stereocenters. The number of amides is 2. The number of benzene rings is 4. The van der Waals surface area contributed by atoms with Crippen molar-refractivity contribution in [1.82, 2.24) is 60.6 Å². The molecule has 0 fully saturated rings. The Morgan fingerprint density at radius 2 is 1.03 bits per heavy atom. The first-order valence-electron chi connectivity index (χ1n) is 25.0. The van der Waals surface area contributed by atoms with Gasteiger partial charge in [0.25, 0.3) is 0 Å². The van der Waals surface area contributed by atoms with E-state index in [1.165, 1.54) is 16.4 Å². The van der Waals surface area contributed by atoms with E-state index in [9.17, 15) is 19.2 Å². The number of rotatable bonds is 20. The van der Waals surface area contributed by atoms with Gasteiger partial charge in [0.2, 0.25) is 11.2 Å². The molecule has 416 valence electrons. The molecule has 4 heterocycles. The van der Waals surface area contributed by atoms with Crippen LogP contribution in [0.15, 0.2) is 109 Å². The van der Waals surface area contributed by atoms with Gasteiger partial charge in [-0.05, 0) is 163 Å². The summed E-state index contributed by atoms with van der Waals surface area (Å²) in [5.74, 6) is -0.284. The number of nitrogens with zero attached hydrogens (tertiary/aromatic N) is 10. The molecular weight excluding hydrogens is 1040 g/mol. The van der Waals surface area contributed by atoms with E-state index in [1.54, 1.807) is 59.4 Å². The summed E-state index contributed by atoms with van der Waals surface area (Å²) in [6.07, 6.45) is 5.60. The average molecular weight is 1100 g/mol. The highest BCUT2D eigenvalue weighted by molar-refractivity contribution is 6.28. The molecule has 79 heavy (non-hydrogen) atoms. The molecule has 8 aromatic rings. The van der Waals surface area contributed by atoms with Crippen LogP contribution in [-0.2, 0) is 31.9 Å². The number of aromatic nitrogens is 10. The van der Waals surface area contributed by atoms with Crippen molar-refractivity contribution in [3.63, 3.8) is 0 Å². The zero-order valence-electron chi connectivity index (χ0n) is 44.6. The quantitative estimate of drug-likeness (QED) is 0.0236. The van der Waals surface area contributed by atoms with E-state index >= 15 is 0 Å². The molecular formula is C54H63ClN14O10. The maximum absolute atomic E-state index is 11.7. The van der Waals surface area contributed by atoms with Gasteiger partial charge in [-0.25, -0.2) is 19.6 Å². The number of carboxylic acid groups (broad SMARTS) is 2. The molecule has 4 aromatic heterocycles. The predicted octanol–water partition coefficient (Wildman–Crippen LogP) is 8.71. The fraction of sp³-hybridized carbons (Fsp3) is 0.333. The summed E-state index contributed by atoms with van der Waals surface area (Å²) >= 11 is 5.78. The van der Waals surface area contributed by atoms with Gasteiger partial charge in [0, 0.05) is 24.5 Å². The number of nitrogens with one attached hydrogen (secondary N) is 3. The first-order valence-corrected chi connectivity index (χ1v) is 25.4. The molecule has 25 heteroatoms. The minimum atomic E-state index is -0.912. The Hall–Kier alpha value is -9.19. The lowest BCUT2D eigenvalue weighted by Gasteiger charge is -2.19. The number of carbonyl (C=O) groups excluding carboxylic acids is 2. The fourth-order valence-corrected chi connectivity index (χ4v) is 7.01. The van der Waals surface area contributed by atoms with Gasteiger partial charge in [-0.1, -0.05) is 34.7 Å². The van der Waals surface area contributed by atoms with Gasteiger partial charge in [-0.3, -0.25) is 9.59 Å². The summed E-state index contributed by atoms with van der Waals surface area (Å²) in [5.41, 5.74) is 12.2. The third kappa shape index (κ3) is 20.4. The number of hydrogen-bond donors (Lipinski definition) is 6. The summed E-state index contributed by atoms with van der Waals surface area (Å²) in [6, 6.07) is 29.7. The van der Waals surface area contributed by atoms with Crippen LogP contribution < -0.4 is 31.2 Å². The molecule has 8 rings (SSSR count). The highest BCUT2D eigenvalue weighted by Crippen LogP contribution is 2.22. The van der Waals surface area contributed by atoms with Crippen LogP contribution in [0.1, 0.15) is 78.4 Å². The Kier molecular flexibility index (Phi) is 21.1. The molecule has 0 bridgehead atoms. The van der Waals surface area contributed by atoms with E-state index in [0.717, 1.165) is 54.0 Å². The van der Waals surface area contributed by atoms with Gasteiger partial charge < -0.3 is 50.8 Å². The number of fused-ring (bicyclic) bond motifs is 2. The monoisotopic (exact) mass is 1100 g/mol. The number of halogens is 1. The molecule has 0 aliphatic carbocycles. The molecule has 0 unspecified atom stereocenters. The molecule has 0 saturated heterocycles. The molecule has 7 N–H and O–H groups in total. The van der Waals surface area contributed by atoms with Crippen LogP contribution in [0.3, 0.4) is 0 Å². The SMILES string of the molecule is CC(C)(C)OC(=O)NCCCc1ccc(N)cc1.CC(C)(C)OC(=O)NCCCc1ccc(Nc2ncc3nnn(-c4ccc(OCCC(=O)O)cc4)c3n2)cc1.O=C(O)CCOc1ccc(-n2nnc3cnc(Cl)nc32)cc1. The summed E-state index contributed by atoms with van der Waals surface area (Å²) in [4.78, 5) is 61.1. The second-order valence-electron chi connectivity index (χ2n) is 19.4. The number of anilines is 3. The van der Waals surface area contributed by atoms with E-state index < -0.39 is 29.2 Å². The van der Waals surface area contributed by atoms with Crippen molar-refractivity contribution in [3.05, 3.63) is 126 Å². The number of carboxylic acids is 2. The lowest BCUT2D eigenvalue weighted by atomic mass is 10.1. The Bertz CT molecular complexity index is 3250. The maximum Gasteiger partial charge on any atom is 0.407 e. The fourth-order valence-electron chi connectivity index (χ4n) is 6.89. The van der Waals surface area contributed by atoms with Crippen molar-refractivity contribution in [2.24, 2.45) is 0 Å². The van der Waals surface area contributed by atoms with Crippen molar-refractivity contribution in [3.8, 4) is 22.9 Å². The van der Waals surface area contributed by atoms with Crippen molar-refractivity contribution >= 4 is 75.4 Å². The number of ether oxygens (including phenoxy) is 4. The maximum atomic E-state index is 11.7. The van der Waals surface area contributed by atoms with Crippen molar-refractivity contribution in [1.29, 1.82) is 0 Å². The van der Waals surface area contributed by atoms with Crippen molar-refractivity contribution < 1.29 is 48.3 Å². The highest BCUT2D eigenvalue weighted by Gasteiger charge is 2.17. The summed E-state index contributed by atoms with van der Waals surface area (Å²) in [7, 11) is 0. The Morgan fingerprint density at radius 3 is 1.47 bits per heavy atom. The number of aryl methyl sites for hydroxylation is 2. The van der Waals surface area contributed by atoms with E-state index in [2.05, 4.69) is 56.5 Å². The Balaban J connectivity index is 0.000000212. The summed E-state index contributed by atoms with van der Waals surface area (Å²) < 4.78 is 24.3. The van der Waals surface area contributed by atoms with Crippen LogP contribution in [0, 0.1) is 0 Å². The largest absolute Gasteiger partial charge is 0.493 e. The lowest BCUT2D eigenvalue weighted by Crippen LogP contribution is -2.33. The van der Waals surface area contributed by atoms with Gasteiger partial charge in [-0.15, -0.1) is 10.2 Å². The number of nitrogen functional groups attached to an aromatic ring is 1. The van der Waals surface area contributed by atoms with Gasteiger partial charge >= 0.3 is 24.1 Å². The molecule has 0 saturated carbocycles. The number of nitrogens with two attached hydrogens (primary N) is 1. The van der Waals surface area contributed by atoms with Crippen LogP contribution in [0.4, 0.5) is 26.9 Å². The van der Waals surface area contributed by atoms with Crippen LogP contribution >= 0.6 is 11.6 Å². The van der Waals surface area contributed by atoms with Crippen LogP contribution in [-0.4, -0.2) is 122 Å². The predicted molar refractivity (Wildman–Crippen MR) is 295 cm³/mol. The molecule has 24 nitrogen and oxygen atoms in total. The number of hydrogen-bond acceptors (Lipinski definition) is 18. The van der Waals surface area contributed by atoms with Gasteiger partial charge in [-0.2, -0.15) is 19.3 Å². The second-order valence-corrected chi connectivity index (χ2v) is 19.7. The summed E-state index contributed by atoms with van der Waals surface area (Å²) in [5, 5.41) is 42.4. The standard InChI is InChI=1S/C27H31N7O5.C14H22N2O2.C13H10ClN5O3/c1-27(2,3)39-26(37)28-15-4-5-18-6-8-19(9-7-18)30-25-29-17-22-24(31-25)34(33-32-22)20-10-12-21(13-11-20)38-16-14-23(35)36;1-14(2,3)18-13(17)16-10-4-5-11-6-8-12(15)9-7-11;14-13-15-7-10-12(16-13)19(18-17-10)8-1-3-9(4-2-8)22-6-5-11(20)21/h6-13,17H,4-5,14-16H2,1-3H3,(H,28,37)(H,35,36)(H,29,30,31);6-9H,4-5,10,15H2,1-3H3,(H,16,17);1-4,7H,5-6H2,(H,20,21). The Labute approximate surface area is 460 Å². The number of carbonyl (C=O) groups is 4. The van der Waals surface area contributed by atoms with E-state index in [4.69, 9.17) is 46.5 Å². The Morgan fingerprint density at radius 1 is 0.595 bits per heavy atom. The minimum Gasteiger partial charge on any atom is -0.493 e. The number of alkyl carbamates (subject to hydrolysis) is 2. The zero-order chi connectivity index (χ0) is 57.0. The van der Waals surface area contributed by atoms with Gasteiger partial charge in [0.1, 0.15) is 22.7 Å². The van der Waals surface area contributed by atoms with Crippen molar-refractivity contribution in [2.75, 3.05) is 37.4 Å². The van der Waals surface area contributed by atoms with E-state index in [1.807, 2.05) is 90.1 Å². The van der Waals surface area contributed by atoms with Crippen LogP contribution in [0.5, 0.6) is 11.5 Å². The zero-order valence-corrected chi connectivity index (χ0v) is 45.3. The molecule has 4 aromatic carbocycles. The van der Waals surface area contributed by atoms with E-state index in [-0.39, 0.29) is 37.4 Å². The topological polar surface area (TPSA) is 321 Å². The van der Waals surface area contributed by atoms with Crippen LogP contribution in [0.25, 0.3) is 33.7 Å². The average Bonchev–Trinajstić information content (AvgIpc) is 4.07. The molecule has 0 aliphatic heterocycles. The van der Waals surface area contributed by atoms with Gasteiger partial charge in [0.05, 0.1) is 49.8 Å². The third-order valence-corrected chi connectivity index (χ3v) is 10.7. The lowest BCUT2D eigenvalue weighted by molar-refractivity contribution is -0.138. The molecule has 0 aliphatic rings. The van der Waals surface area contributed by atoms with Gasteiger partial charge in [0.15, 0.2) is 22.3 Å². The van der Waals surface area contributed by atoms with E-state index in [0.29, 0.717) is 52.9 Å². The molecule has 2 amide bonds. The molecule has 0 radical (unpaired) electrons. The van der Waals surface area contributed by atoms with Crippen molar-refractivity contribution in [2.45, 2.75) is 91.3 Å². The minimum absolute atomic E-state index is 0.0507. The first kappa shape index (κ1) is 59.1. The smallest absolute Gasteiger partial charge is 0.407 e. The highest BCUT2D eigenvalue weighted by atomic mass is 35.5. The third-order valence-electron chi connectivity index (χ3n) is 10.5. The number of aliphatic carboxylic acids is 2. The van der Waals surface area contributed by atoms with Crippen LogP contribution in [0.2, 0.25) is 5.28 Å². The molecule has 0 spiro atoms.